The van der Waals surface area contributed by atoms with Gasteiger partial charge >= 0.3 is 0 Å². The van der Waals surface area contributed by atoms with E-state index in [2.05, 4.69) is 11.9 Å². The van der Waals surface area contributed by atoms with Crippen LogP contribution in [0.3, 0.4) is 0 Å². The fraction of sp³-hybridized carbons (Fsp3) is 0.615. The Morgan fingerprint density at radius 2 is 1.81 bits per heavy atom. The van der Waals surface area contributed by atoms with Gasteiger partial charge in [0.2, 0.25) is 0 Å². The second kappa shape index (κ2) is 13.9. The Kier molecular flexibility index (Phi) is 15.0. The van der Waals surface area contributed by atoms with E-state index >= 15 is 0 Å². The molecule has 1 heterocycles. The van der Waals surface area contributed by atoms with Gasteiger partial charge in [-0.3, -0.25) is 4.98 Å². The molecule has 0 bridgehead atoms. The summed E-state index contributed by atoms with van der Waals surface area (Å²) in [5, 5.41) is 0. The normalized spacial score (nSPS) is 8.12. The third-order valence-electron chi connectivity index (χ3n) is 1.55. The van der Waals surface area contributed by atoms with Crippen molar-refractivity contribution in [3.8, 4) is 5.75 Å². The molecule has 0 saturated carbocycles. The summed E-state index contributed by atoms with van der Waals surface area (Å²) in [4.78, 5) is 4.18. The van der Waals surface area contributed by atoms with Crippen LogP contribution in [-0.4, -0.2) is 18.1 Å². The predicted molar refractivity (Wildman–Crippen MR) is 70.9 cm³/mol. The first kappa shape index (κ1) is 17.3. The van der Waals surface area contributed by atoms with Crippen LogP contribution in [-0.2, 0) is 6.42 Å². The molecule has 94 valence electrons. The number of hydrogen-bond acceptors (Lipinski definition) is 3. The van der Waals surface area contributed by atoms with Gasteiger partial charge in [0.1, 0.15) is 12.4 Å². The van der Waals surface area contributed by atoms with Crippen LogP contribution in [0, 0.1) is 0 Å². The van der Waals surface area contributed by atoms with Crippen LogP contribution < -0.4 is 10.5 Å². The van der Waals surface area contributed by atoms with Gasteiger partial charge in [-0.25, -0.2) is 0 Å². The van der Waals surface area contributed by atoms with Gasteiger partial charge in [-0.15, -0.1) is 0 Å². The van der Waals surface area contributed by atoms with Gasteiger partial charge in [0, 0.05) is 12.2 Å². The molecule has 0 saturated heterocycles. The molecule has 0 aromatic carbocycles. The molecule has 1 aromatic rings. The summed E-state index contributed by atoms with van der Waals surface area (Å²) in [6.07, 6.45) is 2.69. The lowest BCUT2D eigenvalue weighted by molar-refractivity contribution is 0.327. The third kappa shape index (κ3) is 8.24. The Morgan fingerprint density at radius 3 is 2.19 bits per heavy atom. The molecule has 0 amide bonds. The highest BCUT2D eigenvalue weighted by molar-refractivity contribution is 5.19. The van der Waals surface area contributed by atoms with Crippen LogP contribution >= 0.6 is 0 Å². The average molecular weight is 226 g/mol. The van der Waals surface area contributed by atoms with Gasteiger partial charge in [0.15, 0.2) is 0 Å². The van der Waals surface area contributed by atoms with E-state index < -0.39 is 0 Å². The second-order valence-electron chi connectivity index (χ2n) is 2.48. The number of aryl methyl sites for hydroxylation is 1. The summed E-state index contributed by atoms with van der Waals surface area (Å²) >= 11 is 0. The van der Waals surface area contributed by atoms with Crippen molar-refractivity contribution >= 4 is 0 Å². The van der Waals surface area contributed by atoms with Gasteiger partial charge < -0.3 is 10.5 Å². The van der Waals surface area contributed by atoms with Crippen molar-refractivity contribution in [2.24, 2.45) is 5.73 Å². The SMILES string of the molecule is CC.CC.CCc1ccc(OCCN)cn1. The van der Waals surface area contributed by atoms with Crippen molar-refractivity contribution in [3.05, 3.63) is 24.0 Å². The minimum Gasteiger partial charge on any atom is -0.491 e. The molecule has 0 radical (unpaired) electrons. The Balaban J connectivity index is 0. The van der Waals surface area contributed by atoms with Crippen molar-refractivity contribution in [3.63, 3.8) is 0 Å². The number of aromatic nitrogens is 1. The highest BCUT2D eigenvalue weighted by Crippen LogP contribution is 2.08. The highest BCUT2D eigenvalue weighted by atomic mass is 16.5. The van der Waals surface area contributed by atoms with Crippen molar-refractivity contribution in [2.75, 3.05) is 13.2 Å². The van der Waals surface area contributed by atoms with Gasteiger partial charge in [-0.1, -0.05) is 34.6 Å². The van der Waals surface area contributed by atoms with Crippen molar-refractivity contribution in [1.82, 2.24) is 4.98 Å². The maximum atomic E-state index is 5.29. The number of pyridine rings is 1. The van der Waals surface area contributed by atoms with Gasteiger partial charge in [0.25, 0.3) is 0 Å². The van der Waals surface area contributed by atoms with Crippen molar-refractivity contribution < 1.29 is 4.74 Å². The number of rotatable bonds is 4. The molecule has 0 unspecified atom stereocenters. The lowest BCUT2D eigenvalue weighted by Crippen LogP contribution is -2.10. The maximum absolute atomic E-state index is 5.29. The van der Waals surface area contributed by atoms with Gasteiger partial charge in [-0.05, 0) is 18.6 Å². The van der Waals surface area contributed by atoms with E-state index in [4.69, 9.17) is 10.5 Å². The number of hydrogen-bond donors (Lipinski definition) is 1. The van der Waals surface area contributed by atoms with E-state index in [1.165, 1.54) is 0 Å². The third-order valence-corrected chi connectivity index (χ3v) is 1.55. The fourth-order valence-corrected chi connectivity index (χ4v) is 0.882. The average Bonchev–Trinajstić information content (AvgIpc) is 2.41. The van der Waals surface area contributed by atoms with Gasteiger partial charge in [-0.2, -0.15) is 0 Å². The zero-order chi connectivity index (χ0) is 12.8. The lowest BCUT2D eigenvalue weighted by Gasteiger charge is -2.03. The Labute approximate surface area is 100 Å². The Hall–Kier alpha value is -1.09. The zero-order valence-electron chi connectivity index (χ0n) is 11.3. The fourth-order valence-electron chi connectivity index (χ4n) is 0.882. The molecule has 0 aliphatic heterocycles. The molecule has 3 heteroatoms. The van der Waals surface area contributed by atoms with Crippen LogP contribution in [0.1, 0.15) is 40.3 Å². The van der Waals surface area contributed by atoms with E-state index in [-0.39, 0.29) is 0 Å². The Bertz CT molecular complexity index is 222. The van der Waals surface area contributed by atoms with Crippen LogP contribution in [0.15, 0.2) is 18.3 Å². The minimum atomic E-state index is 0.537. The summed E-state index contributed by atoms with van der Waals surface area (Å²) in [6.45, 7) is 11.2. The first-order valence-electron chi connectivity index (χ1n) is 6.14. The molecule has 0 aliphatic rings. The van der Waals surface area contributed by atoms with E-state index in [1.807, 2.05) is 39.8 Å². The molecule has 3 nitrogen and oxygen atoms in total. The number of ether oxygens (including phenoxy) is 1. The summed E-state index contributed by atoms with van der Waals surface area (Å²) in [7, 11) is 0. The molecule has 16 heavy (non-hydrogen) atoms. The van der Waals surface area contributed by atoms with E-state index in [1.54, 1.807) is 6.20 Å². The topological polar surface area (TPSA) is 48.1 Å². The summed E-state index contributed by atoms with van der Waals surface area (Å²) in [6, 6.07) is 3.88. The first-order chi connectivity index (χ1) is 7.86. The van der Waals surface area contributed by atoms with Crippen molar-refractivity contribution in [1.29, 1.82) is 0 Å². The molecule has 1 aromatic heterocycles. The van der Waals surface area contributed by atoms with Gasteiger partial charge in [0.05, 0.1) is 6.20 Å². The molecular formula is C13H26N2O. The zero-order valence-corrected chi connectivity index (χ0v) is 11.3. The lowest BCUT2D eigenvalue weighted by atomic mass is 10.3. The molecular weight excluding hydrogens is 200 g/mol. The number of nitrogens with zero attached hydrogens (tertiary/aromatic N) is 1. The first-order valence-corrected chi connectivity index (χ1v) is 6.14. The van der Waals surface area contributed by atoms with Crippen LogP contribution in [0.2, 0.25) is 0 Å². The van der Waals surface area contributed by atoms with Crippen molar-refractivity contribution in [2.45, 2.75) is 41.0 Å². The molecule has 1 rings (SSSR count). The van der Waals surface area contributed by atoms with E-state index in [9.17, 15) is 0 Å². The smallest absolute Gasteiger partial charge is 0.137 e. The molecule has 0 spiro atoms. The van der Waals surface area contributed by atoms with Crippen LogP contribution in [0.25, 0.3) is 0 Å². The molecule has 0 atom stereocenters. The quantitative estimate of drug-likeness (QED) is 0.858. The molecule has 2 N–H and O–H groups in total. The number of nitrogens with two attached hydrogens (primary N) is 1. The summed E-state index contributed by atoms with van der Waals surface area (Å²) in [5.74, 6) is 0.789. The molecule has 0 fully saturated rings. The Morgan fingerprint density at radius 1 is 1.19 bits per heavy atom. The second-order valence-corrected chi connectivity index (χ2v) is 2.48. The standard InChI is InChI=1S/C9H14N2O.2C2H6/c1-2-8-3-4-9(7-11-8)12-6-5-10;2*1-2/h3-4,7H,2,5-6,10H2,1H3;2*1-2H3. The minimum absolute atomic E-state index is 0.537. The monoisotopic (exact) mass is 226 g/mol. The van der Waals surface area contributed by atoms with Crippen LogP contribution in [0.4, 0.5) is 0 Å². The predicted octanol–water partition coefficient (Wildman–Crippen LogP) is 3.03. The largest absolute Gasteiger partial charge is 0.491 e. The maximum Gasteiger partial charge on any atom is 0.137 e. The van der Waals surface area contributed by atoms with E-state index in [0.29, 0.717) is 13.2 Å². The van der Waals surface area contributed by atoms with Crippen LogP contribution in [0.5, 0.6) is 5.75 Å². The highest BCUT2D eigenvalue weighted by Gasteiger charge is 1.93. The molecule has 0 aliphatic carbocycles. The summed E-state index contributed by atoms with van der Waals surface area (Å²) in [5.41, 5.74) is 6.37. The van der Waals surface area contributed by atoms with E-state index in [0.717, 1.165) is 17.9 Å². The summed E-state index contributed by atoms with van der Waals surface area (Å²) < 4.78 is 5.27.